The molecule has 112 valence electrons. The maximum Gasteiger partial charge on any atom is 0.119 e. The van der Waals surface area contributed by atoms with Crippen LogP contribution in [-0.4, -0.2) is 18.3 Å². The lowest BCUT2D eigenvalue weighted by Crippen LogP contribution is -2.40. The van der Waals surface area contributed by atoms with Gasteiger partial charge in [0.25, 0.3) is 0 Å². The van der Waals surface area contributed by atoms with Crippen molar-refractivity contribution in [1.29, 1.82) is 0 Å². The van der Waals surface area contributed by atoms with Crippen LogP contribution in [0.3, 0.4) is 0 Å². The highest BCUT2D eigenvalue weighted by atomic mass is 16.5. The number of aliphatic hydroxyl groups is 1. The van der Waals surface area contributed by atoms with Crippen LogP contribution < -0.4 is 4.74 Å². The first-order valence-electron chi connectivity index (χ1n) is 8.17. The van der Waals surface area contributed by atoms with E-state index in [0.717, 1.165) is 18.6 Å². The van der Waals surface area contributed by atoms with Crippen molar-refractivity contribution in [2.75, 3.05) is 7.11 Å². The maximum absolute atomic E-state index is 10.4. The first-order valence-corrected chi connectivity index (χ1v) is 8.17. The molecule has 0 spiro atoms. The highest BCUT2D eigenvalue weighted by Gasteiger charge is 2.52. The maximum atomic E-state index is 10.4. The summed E-state index contributed by atoms with van der Waals surface area (Å²) in [6, 6.07) is 6.55. The van der Waals surface area contributed by atoms with Crippen LogP contribution in [0.15, 0.2) is 30.4 Å². The molecule has 4 rings (SSSR count). The van der Waals surface area contributed by atoms with Crippen molar-refractivity contribution < 1.29 is 9.84 Å². The number of allylic oxidation sites excluding steroid dienone is 1. The molecule has 0 aromatic heterocycles. The van der Waals surface area contributed by atoms with Crippen molar-refractivity contribution in [3.8, 4) is 5.75 Å². The molecule has 5 atom stereocenters. The van der Waals surface area contributed by atoms with Gasteiger partial charge >= 0.3 is 0 Å². The zero-order valence-corrected chi connectivity index (χ0v) is 12.9. The minimum absolute atomic E-state index is 0.00510. The predicted octanol–water partition coefficient (Wildman–Crippen LogP) is 3.69. The van der Waals surface area contributed by atoms with Gasteiger partial charge in [0, 0.05) is 11.3 Å². The summed E-state index contributed by atoms with van der Waals surface area (Å²) in [5.41, 5.74) is 2.93. The fourth-order valence-corrected chi connectivity index (χ4v) is 5.11. The molecule has 1 N–H and O–H groups in total. The Bertz CT molecular complexity index is 591. The fraction of sp³-hybridized carbons (Fsp3) is 0.579. The smallest absolute Gasteiger partial charge is 0.119 e. The normalized spacial score (nSPS) is 40.3. The first-order chi connectivity index (χ1) is 10.1. The number of rotatable bonds is 1. The molecule has 0 amide bonds. The van der Waals surface area contributed by atoms with Gasteiger partial charge in [-0.1, -0.05) is 25.1 Å². The van der Waals surface area contributed by atoms with Gasteiger partial charge in [-0.2, -0.15) is 0 Å². The van der Waals surface area contributed by atoms with E-state index in [4.69, 9.17) is 4.74 Å². The number of aryl methyl sites for hydroxylation is 1. The fourth-order valence-electron chi connectivity index (χ4n) is 5.11. The number of ether oxygens (including phenoxy) is 1. The Labute approximate surface area is 126 Å². The summed E-state index contributed by atoms with van der Waals surface area (Å²) in [5.74, 6) is 2.83. The minimum Gasteiger partial charge on any atom is -0.497 e. The number of hydrogen-bond acceptors (Lipinski definition) is 2. The first kappa shape index (κ1) is 13.4. The average Bonchev–Trinajstić information content (AvgIpc) is 2.82. The molecular weight excluding hydrogens is 260 g/mol. The standard InChI is InChI=1S/C19H24O2/c1-19-10-9-15-14-6-4-13(21-2)11-12(14)3-5-16(15)17(19)7-8-18(19)20/h4,6,9-11,15-18,20H,3,5,7-8H2,1-2H3/t15-,16+,17-,18+,19+/m1/s1. The van der Waals surface area contributed by atoms with E-state index in [2.05, 4.69) is 37.3 Å². The monoisotopic (exact) mass is 284 g/mol. The molecule has 0 saturated heterocycles. The molecule has 2 heteroatoms. The van der Waals surface area contributed by atoms with Crippen LogP contribution in [-0.2, 0) is 6.42 Å². The molecule has 1 aromatic carbocycles. The number of hydrogen-bond donors (Lipinski definition) is 1. The quantitative estimate of drug-likeness (QED) is 0.797. The topological polar surface area (TPSA) is 29.5 Å². The molecule has 21 heavy (non-hydrogen) atoms. The summed E-state index contributed by atoms with van der Waals surface area (Å²) in [6.45, 7) is 2.26. The van der Waals surface area contributed by atoms with Gasteiger partial charge in [0.05, 0.1) is 13.2 Å². The molecule has 0 radical (unpaired) electrons. The summed E-state index contributed by atoms with van der Waals surface area (Å²) in [6.07, 6.45) is 9.05. The van der Waals surface area contributed by atoms with Crippen LogP contribution in [0.2, 0.25) is 0 Å². The summed E-state index contributed by atoms with van der Waals surface area (Å²) in [5, 5.41) is 10.4. The molecule has 1 saturated carbocycles. The molecule has 3 aliphatic carbocycles. The Morgan fingerprint density at radius 3 is 2.90 bits per heavy atom. The van der Waals surface area contributed by atoms with E-state index in [1.807, 2.05) is 0 Å². The Morgan fingerprint density at radius 2 is 2.10 bits per heavy atom. The van der Waals surface area contributed by atoms with Gasteiger partial charge in [-0.3, -0.25) is 0 Å². The van der Waals surface area contributed by atoms with Crippen molar-refractivity contribution >= 4 is 0 Å². The van der Waals surface area contributed by atoms with E-state index in [1.165, 1.54) is 24.0 Å². The molecule has 1 aromatic rings. The van der Waals surface area contributed by atoms with Crippen LogP contribution >= 0.6 is 0 Å². The average molecular weight is 284 g/mol. The van der Waals surface area contributed by atoms with E-state index in [1.54, 1.807) is 7.11 Å². The van der Waals surface area contributed by atoms with Crippen LogP contribution in [0.1, 0.15) is 43.2 Å². The second-order valence-electron chi connectivity index (χ2n) is 7.22. The predicted molar refractivity (Wildman–Crippen MR) is 83.5 cm³/mol. The number of benzene rings is 1. The highest BCUT2D eigenvalue weighted by Crippen LogP contribution is 2.57. The van der Waals surface area contributed by atoms with E-state index >= 15 is 0 Å². The number of fused-ring (bicyclic) bond motifs is 5. The Kier molecular flexibility index (Phi) is 2.94. The van der Waals surface area contributed by atoms with Crippen molar-refractivity contribution in [1.82, 2.24) is 0 Å². The van der Waals surface area contributed by atoms with Gasteiger partial charge < -0.3 is 9.84 Å². The number of methoxy groups -OCH3 is 1. The lowest BCUT2D eigenvalue weighted by molar-refractivity contribution is 0.0453. The van der Waals surface area contributed by atoms with Gasteiger partial charge in [0.2, 0.25) is 0 Å². The molecule has 0 aliphatic heterocycles. The largest absolute Gasteiger partial charge is 0.497 e. The molecule has 1 fully saturated rings. The Hall–Kier alpha value is -1.28. The summed E-state index contributed by atoms with van der Waals surface area (Å²) < 4.78 is 5.36. The third-order valence-electron chi connectivity index (χ3n) is 6.37. The third kappa shape index (κ3) is 1.81. The zero-order valence-electron chi connectivity index (χ0n) is 12.9. The van der Waals surface area contributed by atoms with E-state index in [0.29, 0.717) is 17.8 Å². The molecule has 0 unspecified atom stereocenters. The van der Waals surface area contributed by atoms with Crippen molar-refractivity contribution in [3.05, 3.63) is 41.5 Å². The van der Waals surface area contributed by atoms with Gasteiger partial charge in [0.15, 0.2) is 0 Å². The van der Waals surface area contributed by atoms with Crippen molar-refractivity contribution in [3.63, 3.8) is 0 Å². The lowest BCUT2D eigenvalue weighted by Gasteiger charge is -2.46. The second-order valence-corrected chi connectivity index (χ2v) is 7.22. The second kappa shape index (κ2) is 4.61. The highest BCUT2D eigenvalue weighted by molar-refractivity contribution is 5.43. The molecule has 2 nitrogen and oxygen atoms in total. The van der Waals surface area contributed by atoms with E-state index < -0.39 is 0 Å². The van der Waals surface area contributed by atoms with Crippen LogP contribution in [0, 0.1) is 17.3 Å². The van der Waals surface area contributed by atoms with E-state index in [9.17, 15) is 5.11 Å². The Balaban J connectivity index is 1.75. The lowest BCUT2D eigenvalue weighted by atomic mass is 9.59. The summed E-state index contributed by atoms with van der Waals surface area (Å²) >= 11 is 0. The SMILES string of the molecule is COc1ccc2c(c1)CC[C@H]1[C@@H]2C=C[C@@]2(C)[C@@H]1CC[C@@H]2O. The molecule has 3 aliphatic rings. The zero-order chi connectivity index (χ0) is 14.6. The van der Waals surface area contributed by atoms with Gasteiger partial charge in [-0.15, -0.1) is 0 Å². The van der Waals surface area contributed by atoms with Gasteiger partial charge in [-0.25, -0.2) is 0 Å². The van der Waals surface area contributed by atoms with Crippen LogP contribution in [0.5, 0.6) is 5.75 Å². The van der Waals surface area contributed by atoms with E-state index in [-0.39, 0.29) is 11.5 Å². The minimum atomic E-state index is -0.156. The molecular formula is C19H24O2. The molecule has 0 bridgehead atoms. The van der Waals surface area contributed by atoms with Crippen molar-refractivity contribution in [2.24, 2.45) is 17.3 Å². The summed E-state index contributed by atoms with van der Waals surface area (Å²) in [7, 11) is 1.74. The van der Waals surface area contributed by atoms with Crippen LogP contribution in [0.25, 0.3) is 0 Å². The third-order valence-corrected chi connectivity index (χ3v) is 6.37. The van der Waals surface area contributed by atoms with Crippen molar-refractivity contribution in [2.45, 2.75) is 44.6 Å². The van der Waals surface area contributed by atoms with Crippen LogP contribution in [0.4, 0.5) is 0 Å². The molecule has 0 heterocycles. The van der Waals surface area contributed by atoms with Gasteiger partial charge in [-0.05, 0) is 60.8 Å². The summed E-state index contributed by atoms with van der Waals surface area (Å²) in [4.78, 5) is 0. The Morgan fingerprint density at radius 1 is 1.24 bits per heavy atom. The number of aliphatic hydroxyl groups excluding tert-OH is 1. The van der Waals surface area contributed by atoms with Gasteiger partial charge in [0.1, 0.15) is 5.75 Å².